The maximum Gasteiger partial charge on any atom is 0.410 e. The van der Waals surface area contributed by atoms with Gasteiger partial charge < -0.3 is 15.4 Å². The molecule has 1 aromatic carbocycles. The lowest BCUT2D eigenvalue weighted by molar-refractivity contribution is 0.00795. The number of benzene rings is 1. The van der Waals surface area contributed by atoms with Crippen molar-refractivity contribution in [2.75, 3.05) is 6.54 Å². The van der Waals surface area contributed by atoms with Gasteiger partial charge in [0, 0.05) is 12.6 Å². The summed E-state index contributed by atoms with van der Waals surface area (Å²) in [5.41, 5.74) is 9.23. The Morgan fingerprint density at radius 2 is 1.82 bits per heavy atom. The predicted molar refractivity (Wildman–Crippen MR) is 88.8 cm³/mol. The number of hydrogen-bond acceptors (Lipinski definition) is 3. The zero-order valence-corrected chi connectivity index (χ0v) is 14.3. The van der Waals surface area contributed by atoms with E-state index in [9.17, 15) is 4.79 Å². The molecule has 1 fully saturated rings. The molecule has 2 atom stereocenters. The van der Waals surface area contributed by atoms with Crippen molar-refractivity contribution >= 4 is 6.09 Å². The van der Waals surface area contributed by atoms with Crippen molar-refractivity contribution in [3.63, 3.8) is 0 Å². The molecule has 122 valence electrons. The maximum atomic E-state index is 12.5. The molecule has 2 N–H and O–H groups in total. The molecular formula is C18H28N2O2. The zero-order valence-electron chi connectivity index (χ0n) is 14.3. The van der Waals surface area contributed by atoms with Crippen LogP contribution in [0.2, 0.25) is 0 Å². The summed E-state index contributed by atoms with van der Waals surface area (Å²) >= 11 is 0. The second-order valence-electron chi connectivity index (χ2n) is 7.40. The van der Waals surface area contributed by atoms with E-state index in [1.54, 1.807) is 0 Å². The van der Waals surface area contributed by atoms with Gasteiger partial charge in [0.15, 0.2) is 0 Å². The van der Waals surface area contributed by atoms with Gasteiger partial charge in [0.05, 0.1) is 6.04 Å². The van der Waals surface area contributed by atoms with E-state index < -0.39 is 5.60 Å². The highest BCUT2D eigenvalue weighted by Crippen LogP contribution is 2.32. The van der Waals surface area contributed by atoms with E-state index in [2.05, 4.69) is 32.0 Å². The van der Waals surface area contributed by atoms with Crippen molar-refractivity contribution in [3.05, 3.63) is 34.9 Å². The molecule has 1 heterocycles. The van der Waals surface area contributed by atoms with Crippen LogP contribution in [0.4, 0.5) is 4.79 Å². The predicted octanol–water partition coefficient (Wildman–Crippen LogP) is 3.70. The van der Waals surface area contributed by atoms with E-state index in [1.807, 2.05) is 25.7 Å². The largest absolute Gasteiger partial charge is 0.444 e. The first-order valence-electron chi connectivity index (χ1n) is 7.99. The first-order valence-corrected chi connectivity index (χ1v) is 7.99. The number of aryl methyl sites for hydroxylation is 2. The number of rotatable bonds is 1. The summed E-state index contributed by atoms with van der Waals surface area (Å²) in [7, 11) is 0. The van der Waals surface area contributed by atoms with Gasteiger partial charge in [0.25, 0.3) is 0 Å². The Balaban J connectivity index is 2.29. The fraction of sp³-hybridized carbons (Fsp3) is 0.611. The lowest BCUT2D eigenvalue weighted by Crippen LogP contribution is -2.46. The summed E-state index contributed by atoms with van der Waals surface area (Å²) < 4.78 is 5.57. The SMILES string of the molecule is Cc1cc(C)cc(C2CC(N)CCN2C(=O)OC(C)(C)C)c1. The van der Waals surface area contributed by atoms with E-state index in [-0.39, 0.29) is 18.2 Å². The normalized spacial score (nSPS) is 22.5. The van der Waals surface area contributed by atoms with Crippen LogP contribution >= 0.6 is 0 Å². The van der Waals surface area contributed by atoms with Crippen LogP contribution in [-0.4, -0.2) is 29.2 Å². The number of hydrogen-bond donors (Lipinski definition) is 1. The quantitative estimate of drug-likeness (QED) is 0.860. The van der Waals surface area contributed by atoms with Crippen LogP contribution in [0.5, 0.6) is 0 Å². The van der Waals surface area contributed by atoms with Crippen LogP contribution in [0.25, 0.3) is 0 Å². The third-order valence-corrected chi connectivity index (χ3v) is 3.90. The summed E-state index contributed by atoms with van der Waals surface area (Å²) in [6.07, 6.45) is 1.35. The van der Waals surface area contributed by atoms with E-state index in [0.717, 1.165) is 18.4 Å². The van der Waals surface area contributed by atoms with E-state index in [1.165, 1.54) is 11.1 Å². The zero-order chi connectivity index (χ0) is 16.5. The van der Waals surface area contributed by atoms with Gasteiger partial charge in [-0.2, -0.15) is 0 Å². The van der Waals surface area contributed by atoms with Crippen LogP contribution in [0, 0.1) is 13.8 Å². The van der Waals surface area contributed by atoms with Crippen LogP contribution < -0.4 is 5.73 Å². The topological polar surface area (TPSA) is 55.6 Å². The third-order valence-electron chi connectivity index (χ3n) is 3.90. The summed E-state index contributed by atoms with van der Waals surface area (Å²) in [5, 5.41) is 0. The fourth-order valence-electron chi connectivity index (χ4n) is 3.05. The van der Waals surface area contributed by atoms with Gasteiger partial charge in [-0.3, -0.25) is 0 Å². The van der Waals surface area contributed by atoms with Crippen molar-refractivity contribution < 1.29 is 9.53 Å². The second-order valence-corrected chi connectivity index (χ2v) is 7.40. The third kappa shape index (κ3) is 4.23. The average molecular weight is 304 g/mol. The molecule has 1 aliphatic rings. The smallest absolute Gasteiger partial charge is 0.410 e. The highest BCUT2D eigenvalue weighted by atomic mass is 16.6. The Kier molecular flexibility index (Phi) is 4.81. The molecule has 0 saturated carbocycles. The van der Waals surface area contributed by atoms with Crippen LogP contribution in [0.15, 0.2) is 18.2 Å². The van der Waals surface area contributed by atoms with E-state index in [4.69, 9.17) is 10.5 Å². The maximum absolute atomic E-state index is 12.5. The second kappa shape index (κ2) is 6.29. The Hall–Kier alpha value is -1.55. The Bertz CT molecular complexity index is 528. The molecular weight excluding hydrogens is 276 g/mol. The number of amides is 1. The molecule has 0 radical (unpaired) electrons. The lowest BCUT2D eigenvalue weighted by atomic mass is 9.91. The van der Waals surface area contributed by atoms with Gasteiger partial charge in [-0.05, 0) is 53.0 Å². The fourth-order valence-corrected chi connectivity index (χ4v) is 3.05. The molecule has 22 heavy (non-hydrogen) atoms. The molecule has 1 saturated heterocycles. The Morgan fingerprint density at radius 1 is 1.23 bits per heavy atom. The Morgan fingerprint density at radius 3 is 2.36 bits per heavy atom. The monoisotopic (exact) mass is 304 g/mol. The summed E-state index contributed by atoms with van der Waals surface area (Å²) in [4.78, 5) is 14.4. The number of likely N-dealkylation sites (tertiary alicyclic amines) is 1. The number of nitrogens with zero attached hydrogens (tertiary/aromatic N) is 1. The molecule has 2 rings (SSSR count). The number of carbonyl (C=O) groups excluding carboxylic acids is 1. The minimum absolute atomic E-state index is 0.00259. The van der Waals surface area contributed by atoms with Crippen molar-refractivity contribution in [2.24, 2.45) is 5.73 Å². The van der Waals surface area contributed by atoms with Crippen molar-refractivity contribution in [3.8, 4) is 0 Å². The lowest BCUT2D eigenvalue weighted by Gasteiger charge is -2.39. The molecule has 4 heteroatoms. The molecule has 1 aliphatic heterocycles. The molecule has 0 aliphatic carbocycles. The molecule has 2 unspecified atom stereocenters. The number of nitrogens with two attached hydrogens (primary N) is 1. The number of piperidine rings is 1. The molecule has 0 spiro atoms. The van der Waals surface area contributed by atoms with Gasteiger partial charge in [-0.25, -0.2) is 4.79 Å². The van der Waals surface area contributed by atoms with Crippen LogP contribution in [0.1, 0.15) is 56.3 Å². The van der Waals surface area contributed by atoms with E-state index in [0.29, 0.717) is 6.54 Å². The van der Waals surface area contributed by atoms with Crippen LogP contribution in [0.3, 0.4) is 0 Å². The number of carbonyl (C=O) groups is 1. The summed E-state index contributed by atoms with van der Waals surface area (Å²) in [6, 6.07) is 6.56. The molecule has 1 amide bonds. The van der Waals surface area contributed by atoms with Gasteiger partial charge in [-0.1, -0.05) is 29.3 Å². The average Bonchev–Trinajstić information content (AvgIpc) is 2.35. The minimum Gasteiger partial charge on any atom is -0.444 e. The van der Waals surface area contributed by atoms with Gasteiger partial charge in [0.1, 0.15) is 5.60 Å². The highest BCUT2D eigenvalue weighted by molar-refractivity contribution is 5.69. The molecule has 0 bridgehead atoms. The van der Waals surface area contributed by atoms with Crippen molar-refractivity contribution in [2.45, 2.75) is 65.1 Å². The summed E-state index contributed by atoms with van der Waals surface area (Å²) in [5.74, 6) is 0. The molecule has 0 aromatic heterocycles. The van der Waals surface area contributed by atoms with Gasteiger partial charge in [-0.15, -0.1) is 0 Å². The standard InChI is InChI=1S/C18H28N2O2/c1-12-8-13(2)10-14(9-12)16-11-15(19)6-7-20(16)17(21)22-18(3,4)5/h8-10,15-16H,6-7,11,19H2,1-5H3. The molecule has 4 nitrogen and oxygen atoms in total. The first kappa shape index (κ1) is 16.8. The van der Waals surface area contributed by atoms with Crippen molar-refractivity contribution in [1.82, 2.24) is 4.90 Å². The first-order chi connectivity index (χ1) is 10.2. The van der Waals surface area contributed by atoms with Crippen molar-refractivity contribution in [1.29, 1.82) is 0 Å². The van der Waals surface area contributed by atoms with Crippen LogP contribution in [-0.2, 0) is 4.74 Å². The minimum atomic E-state index is -0.482. The molecule has 1 aromatic rings. The van der Waals surface area contributed by atoms with Gasteiger partial charge in [0.2, 0.25) is 0 Å². The summed E-state index contributed by atoms with van der Waals surface area (Å²) in [6.45, 7) is 10.5. The Labute approximate surface area is 133 Å². The van der Waals surface area contributed by atoms with E-state index >= 15 is 0 Å². The number of ether oxygens (including phenoxy) is 1. The van der Waals surface area contributed by atoms with Gasteiger partial charge >= 0.3 is 6.09 Å². The highest BCUT2D eigenvalue weighted by Gasteiger charge is 2.34.